The topological polar surface area (TPSA) is 20.2 Å². The third-order valence-electron chi connectivity index (χ3n) is 4.74. The van der Waals surface area contributed by atoms with E-state index in [0.29, 0.717) is 5.92 Å². The van der Waals surface area contributed by atoms with E-state index in [4.69, 9.17) is 0 Å². The van der Waals surface area contributed by atoms with Crippen LogP contribution in [0.15, 0.2) is 11.1 Å². The maximum absolute atomic E-state index is 9.75. The number of rotatable bonds is 0. The van der Waals surface area contributed by atoms with Gasteiger partial charge in [-0.2, -0.15) is 0 Å². The van der Waals surface area contributed by atoms with Crippen LogP contribution in [0.1, 0.15) is 0 Å². The number of aliphatic hydroxyl groups is 1. The van der Waals surface area contributed by atoms with Gasteiger partial charge in [0.05, 0.1) is 5.60 Å². The van der Waals surface area contributed by atoms with Gasteiger partial charge in [0.1, 0.15) is 0 Å². The number of hydrogen-bond donors (Lipinski definition) is 1. The molecule has 6 aliphatic rings. The van der Waals surface area contributed by atoms with E-state index in [1.54, 1.807) is 5.57 Å². The van der Waals surface area contributed by atoms with Gasteiger partial charge in [0.25, 0.3) is 0 Å². The molecule has 6 rings (SSSR count). The molecule has 1 heteroatoms. The van der Waals surface area contributed by atoms with Crippen molar-refractivity contribution in [1.29, 1.82) is 0 Å². The lowest BCUT2D eigenvalue weighted by Crippen LogP contribution is -2.99. The SMILES string of the molecule is OC12C3=C4C5C3C1C5C42. The molecular formula is C8H6O. The summed E-state index contributed by atoms with van der Waals surface area (Å²) in [6.07, 6.45) is 0. The maximum atomic E-state index is 9.75. The maximum Gasteiger partial charge on any atom is 0.0967 e. The Bertz CT molecular complexity index is 317. The van der Waals surface area contributed by atoms with Gasteiger partial charge in [0, 0.05) is 11.8 Å². The molecule has 0 bridgehead atoms. The smallest absolute Gasteiger partial charge is 0.0967 e. The highest BCUT2D eigenvalue weighted by molar-refractivity contribution is 5.75. The molecule has 0 aliphatic heterocycles. The first-order chi connectivity index (χ1) is 4.37. The third kappa shape index (κ3) is 0.0868. The highest BCUT2D eigenvalue weighted by Crippen LogP contribution is 2.98. The lowest BCUT2D eigenvalue weighted by molar-refractivity contribution is -0.415. The van der Waals surface area contributed by atoms with Gasteiger partial charge in [-0.15, -0.1) is 0 Å². The highest BCUT2D eigenvalue weighted by atomic mass is 16.3. The van der Waals surface area contributed by atoms with Crippen molar-refractivity contribution in [3.63, 3.8) is 0 Å². The second-order valence-electron chi connectivity index (χ2n) is 4.33. The first kappa shape index (κ1) is 3.20. The van der Waals surface area contributed by atoms with Crippen molar-refractivity contribution in [2.24, 2.45) is 29.6 Å². The van der Waals surface area contributed by atoms with Crippen LogP contribution in [0.3, 0.4) is 0 Å². The molecule has 9 heavy (non-hydrogen) atoms. The summed E-state index contributed by atoms with van der Waals surface area (Å²) < 4.78 is 0. The Hall–Kier alpha value is -0.300. The fourth-order valence-electron chi connectivity index (χ4n) is 4.55. The highest BCUT2D eigenvalue weighted by Gasteiger charge is 2.99. The first-order valence-corrected chi connectivity index (χ1v) is 3.83. The zero-order valence-corrected chi connectivity index (χ0v) is 4.83. The van der Waals surface area contributed by atoms with Crippen LogP contribution < -0.4 is 0 Å². The zero-order valence-electron chi connectivity index (χ0n) is 4.83. The minimum Gasteiger partial charge on any atom is -0.385 e. The third-order valence-corrected chi connectivity index (χ3v) is 4.74. The Morgan fingerprint density at radius 1 is 1.33 bits per heavy atom. The van der Waals surface area contributed by atoms with Crippen molar-refractivity contribution >= 4 is 0 Å². The average Bonchev–Trinajstić information content (AvgIpc) is 1.88. The van der Waals surface area contributed by atoms with Gasteiger partial charge in [-0.1, -0.05) is 5.57 Å². The standard InChI is InChI=1S/C8H6O/c9-8-5-2-1-3(5)7(8)4(1)6(2)8/h1-3,5-6,9H. The molecule has 6 atom stereocenters. The molecule has 4 fully saturated rings. The van der Waals surface area contributed by atoms with Crippen LogP contribution in [0.25, 0.3) is 0 Å². The molecule has 0 spiro atoms. The molecule has 0 saturated heterocycles. The molecule has 0 amide bonds. The lowest BCUT2D eigenvalue weighted by atomic mass is 9.06. The van der Waals surface area contributed by atoms with Crippen LogP contribution in [-0.4, -0.2) is 10.7 Å². The van der Waals surface area contributed by atoms with Crippen LogP contribution >= 0.6 is 0 Å². The Morgan fingerprint density at radius 2 is 2.22 bits per heavy atom. The predicted molar refractivity (Wildman–Crippen MR) is 29.4 cm³/mol. The van der Waals surface area contributed by atoms with E-state index in [1.165, 1.54) is 5.57 Å². The van der Waals surface area contributed by atoms with Gasteiger partial charge in [0.15, 0.2) is 0 Å². The molecule has 0 aromatic carbocycles. The van der Waals surface area contributed by atoms with E-state index < -0.39 is 0 Å². The molecule has 0 radical (unpaired) electrons. The Kier molecular flexibility index (Phi) is 0.172. The van der Waals surface area contributed by atoms with Gasteiger partial charge in [-0.05, 0) is 23.3 Å². The van der Waals surface area contributed by atoms with E-state index in [-0.39, 0.29) is 5.60 Å². The molecule has 4 saturated carbocycles. The van der Waals surface area contributed by atoms with E-state index in [2.05, 4.69) is 0 Å². The van der Waals surface area contributed by atoms with Crippen molar-refractivity contribution < 1.29 is 5.11 Å². The normalized spacial score (nSPS) is 89.7. The molecule has 1 nitrogen and oxygen atoms in total. The fraction of sp³-hybridized carbons (Fsp3) is 0.750. The average molecular weight is 118 g/mol. The lowest BCUT2D eigenvalue weighted by Gasteiger charge is -2.98. The quantitative estimate of drug-likeness (QED) is 0.449. The molecule has 1 N–H and O–H groups in total. The van der Waals surface area contributed by atoms with Crippen molar-refractivity contribution in [3.05, 3.63) is 11.1 Å². The van der Waals surface area contributed by atoms with Crippen molar-refractivity contribution in [3.8, 4) is 0 Å². The van der Waals surface area contributed by atoms with E-state index in [1.807, 2.05) is 0 Å². The van der Waals surface area contributed by atoms with E-state index in [9.17, 15) is 5.11 Å². The summed E-state index contributed by atoms with van der Waals surface area (Å²) in [6, 6.07) is 0. The van der Waals surface area contributed by atoms with Crippen molar-refractivity contribution in [2.75, 3.05) is 0 Å². The van der Waals surface area contributed by atoms with Crippen molar-refractivity contribution in [1.82, 2.24) is 0 Å². The zero-order chi connectivity index (χ0) is 5.54. The van der Waals surface area contributed by atoms with Crippen LogP contribution in [0.2, 0.25) is 0 Å². The molecule has 44 valence electrons. The Morgan fingerprint density at radius 3 is 2.44 bits per heavy atom. The van der Waals surface area contributed by atoms with E-state index >= 15 is 0 Å². The summed E-state index contributed by atoms with van der Waals surface area (Å²) in [5, 5.41) is 9.75. The minimum absolute atomic E-state index is 0.153. The summed E-state index contributed by atoms with van der Waals surface area (Å²) in [6.45, 7) is 0. The van der Waals surface area contributed by atoms with Gasteiger partial charge < -0.3 is 5.11 Å². The van der Waals surface area contributed by atoms with Crippen LogP contribution in [0, 0.1) is 29.6 Å². The monoisotopic (exact) mass is 118 g/mol. The molecule has 0 heterocycles. The second-order valence-corrected chi connectivity index (χ2v) is 4.33. The van der Waals surface area contributed by atoms with Crippen LogP contribution in [0.4, 0.5) is 0 Å². The molecule has 6 aliphatic carbocycles. The minimum atomic E-state index is -0.153. The van der Waals surface area contributed by atoms with Crippen molar-refractivity contribution in [2.45, 2.75) is 5.60 Å². The van der Waals surface area contributed by atoms with E-state index in [0.717, 1.165) is 23.7 Å². The Labute approximate surface area is 52.4 Å². The predicted octanol–water partition coefficient (Wildman–Crippen LogP) is 0.163. The fourth-order valence-corrected chi connectivity index (χ4v) is 4.55. The van der Waals surface area contributed by atoms with Gasteiger partial charge in [-0.25, -0.2) is 0 Å². The van der Waals surface area contributed by atoms with Crippen LogP contribution in [-0.2, 0) is 0 Å². The summed E-state index contributed by atoms with van der Waals surface area (Å²) in [7, 11) is 0. The summed E-state index contributed by atoms with van der Waals surface area (Å²) in [5.41, 5.74) is 3.05. The molecule has 0 aromatic heterocycles. The summed E-state index contributed by atoms with van der Waals surface area (Å²) >= 11 is 0. The largest absolute Gasteiger partial charge is 0.385 e. The molecule has 6 unspecified atom stereocenters. The summed E-state index contributed by atoms with van der Waals surface area (Å²) in [5.74, 6) is 4.45. The first-order valence-electron chi connectivity index (χ1n) is 3.83. The molecular weight excluding hydrogens is 112 g/mol. The number of hydrogen-bond acceptors (Lipinski definition) is 1. The van der Waals surface area contributed by atoms with Gasteiger partial charge >= 0.3 is 0 Å². The van der Waals surface area contributed by atoms with Gasteiger partial charge in [0.2, 0.25) is 0 Å². The Balaban J connectivity index is 2.11. The molecule has 0 aromatic rings. The summed E-state index contributed by atoms with van der Waals surface area (Å²) in [4.78, 5) is 0. The second kappa shape index (κ2) is 0.485. The van der Waals surface area contributed by atoms with Gasteiger partial charge in [-0.3, -0.25) is 0 Å². The van der Waals surface area contributed by atoms with Crippen LogP contribution in [0.5, 0.6) is 0 Å².